The highest BCUT2D eigenvalue weighted by molar-refractivity contribution is 5.75. The number of aliphatic hydroxyl groups is 1. The molecule has 1 amide bonds. The first-order chi connectivity index (χ1) is 13.8. The lowest BCUT2D eigenvalue weighted by molar-refractivity contribution is -0.129. The van der Waals surface area contributed by atoms with E-state index in [0.717, 1.165) is 48.9 Å². The van der Waals surface area contributed by atoms with E-state index in [1.807, 2.05) is 0 Å². The average molecular weight is 405 g/mol. The lowest BCUT2D eigenvalue weighted by Crippen LogP contribution is -2.54. The fourth-order valence-corrected chi connectivity index (χ4v) is 8.97. The summed E-state index contributed by atoms with van der Waals surface area (Å²) in [4.78, 5) is 11.9. The molecule has 0 aliphatic heterocycles. The summed E-state index contributed by atoms with van der Waals surface area (Å²) in [5.74, 6) is 4.86. The number of amides is 1. The number of hydrogen-bond acceptors (Lipinski definition) is 3. The molecule has 0 spiro atoms. The zero-order valence-corrected chi connectivity index (χ0v) is 19.0. The van der Waals surface area contributed by atoms with Crippen molar-refractivity contribution in [2.75, 3.05) is 6.67 Å². The number of carbonyl (C=O) groups excluding carboxylic acids is 1. The molecule has 4 aliphatic rings. The van der Waals surface area contributed by atoms with E-state index < -0.39 is 0 Å². The van der Waals surface area contributed by atoms with E-state index in [9.17, 15) is 9.90 Å². The van der Waals surface area contributed by atoms with Crippen molar-refractivity contribution in [3.63, 3.8) is 0 Å². The summed E-state index contributed by atoms with van der Waals surface area (Å²) in [6.07, 6.45) is 13.1. The highest BCUT2D eigenvalue weighted by Crippen LogP contribution is 2.68. The molecule has 29 heavy (non-hydrogen) atoms. The predicted molar refractivity (Wildman–Crippen MR) is 117 cm³/mol. The van der Waals surface area contributed by atoms with Crippen molar-refractivity contribution in [2.45, 2.75) is 97.5 Å². The van der Waals surface area contributed by atoms with Crippen molar-refractivity contribution in [1.82, 2.24) is 5.32 Å². The summed E-state index contributed by atoms with van der Waals surface area (Å²) in [6.45, 7) is 7.81. The maximum atomic E-state index is 11.9. The molecule has 1 unspecified atom stereocenters. The monoisotopic (exact) mass is 404 g/mol. The molecule has 4 aliphatic carbocycles. The molecule has 9 atom stereocenters. The predicted octanol–water partition coefficient (Wildman–Crippen LogP) is 4.45. The third-order valence-electron chi connectivity index (χ3n) is 10.5. The zero-order valence-electron chi connectivity index (χ0n) is 19.0. The second-order valence-corrected chi connectivity index (χ2v) is 11.6. The molecule has 4 fully saturated rings. The van der Waals surface area contributed by atoms with Crippen LogP contribution in [0.3, 0.4) is 0 Å². The molecule has 166 valence electrons. The molecule has 0 heterocycles. The Morgan fingerprint density at radius 1 is 1.07 bits per heavy atom. The molecule has 4 nitrogen and oxygen atoms in total. The Balaban J connectivity index is 1.45. The summed E-state index contributed by atoms with van der Waals surface area (Å²) in [7, 11) is 0. The van der Waals surface area contributed by atoms with Crippen LogP contribution in [0.2, 0.25) is 0 Å². The fourth-order valence-electron chi connectivity index (χ4n) is 8.97. The van der Waals surface area contributed by atoms with Crippen molar-refractivity contribution in [3.8, 4) is 0 Å². The van der Waals surface area contributed by atoms with Crippen molar-refractivity contribution in [3.05, 3.63) is 0 Å². The van der Waals surface area contributed by atoms with Crippen molar-refractivity contribution in [2.24, 2.45) is 52.1 Å². The number of fused-ring (bicyclic) bond motifs is 5. The second kappa shape index (κ2) is 8.15. The van der Waals surface area contributed by atoms with Gasteiger partial charge < -0.3 is 16.2 Å². The van der Waals surface area contributed by atoms with Crippen LogP contribution >= 0.6 is 0 Å². The molecule has 0 aromatic heterocycles. The molecule has 0 radical (unpaired) electrons. The van der Waals surface area contributed by atoms with Gasteiger partial charge in [0.25, 0.3) is 0 Å². The smallest absolute Gasteiger partial charge is 0.220 e. The van der Waals surface area contributed by atoms with Gasteiger partial charge in [-0.15, -0.1) is 0 Å². The first kappa shape index (κ1) is 21.6. The van der Waals surface area contributed by atoms with Crippen LogP contribution in [0.15, 0.2) is 0 Å². The Hall–Kier alpha value is -0.610. The van der Waals surface area contributed by atoms with Gasteiger partial charge in [0.05, 0.1) is 12.8 Å². The maximum absolute atomic E-state index is 11.9. The number of carbonyl (C=O) groups is 1. The standard InChI is InChI=1S/C25H44N2O2/c1-16(4-9-23(29)27-15-26)20-7-8-21-19-6-5-17-14-18(28)10-12-24(17,2)22(19)11-13-25(20,21)3/h16-22,28H,4-15,26H2,1-3H3,(H,27,29)/t16?,17-,18-,19+,20-,21+,22+,24+,25-/m1/s1. The van der Waals surface area contributed by atoms with Gasteiger partial charge in [-0.25, -0.2) is 0 Å². The molecule has 0 saturated heterocycles. The topological polar surface area (TPSA) is 75.4 Å². The minimum atomic E-state index is -0.0494. The Labute approximate surface area is 177 Å². The third kappa shape index (κ3) is 3.67. The molecule has 0 aromatic rings. The van der Waals surface area contributed by atoms with Crippen LogP contribution < -0.4 is 11.1 Å². The molecule has 4 saturated carbocycles. The molecule has 4 heteroatoms. The molecule has 0 bridgehead atoms. The number of aliphatic hydroxyl groups excluding tert-OH is 1. The van der Waals surface area contributed by atoms with E-state index in [0.29, 0.717) is 23.2 Å². The minimum Gasteiger partial charge on any atom is -0.393 e. The van der Waals surface area contributed by atoms with Crippen molar-refractivity contribution >= 4 is 5.91 Å². The average Bonchev–Trinajstić information content (AvgIpc) is 3.04. The lowest BCUT2D eigenvalue weighted by atomic mass is 9.44. The summed E-state index contributed by atoms with van der Waals surface area (Å²) >= 11 is 0. The van der Waals surface area contributed by atoms with Gasteiger partial charge in [-0.05, 0) is 111 Å². The normalized spacial score (nSPS) is 47.6. The zero-order chi connectivity index (χ0) is 20.8. The van der Waals surface area contributed by atoms with Crippen molar-refractivity contribution < 1.29 is 9.90 Å². The van der Waals surface area contributed by atoms with E-state index in [-0.39, 0.29) is 18.7 Å². The highest BCUT2D eigenvalue weighted by atomic mass is 16.3. The van der Waals surface area contributed by atoms with Gasteiger partial charge in [0.1, 0.15) is 0 Å². The minimum absolute atomic E-state index is 0.0494. The SMILES string of the molecule is CC(CCC(=O)NCN)[C@H]1CC[C@H]2[C@@H]3CC[C@@H]4C[C@H](O)CC[C@]4(C)[C@H]3CC[C@]12C. The van der Waals surface area contributed by atoms with Crippen LogP contribution in [0.25, 0.3) is 0 Å². The van der Waals surface area contributed by atoms with E-state index in [2.05, 4.69) is 26.1 Å². The van der Waals surface area contributed by atoms with Gasteiger partial charge >= 0.3 is 0 Å². The Morgan fingerprint density at radius 2 is 1.79 bits per heavy atom. The second-order valence-electron chi connectivity index (χ2n) is 11.6. The van der Waals surface area contributed by atoms with Crippen LogP contribution in [0.1, 0.15) is 91.4 Å². The third-order valence-corrected chi connectivity index (χ3v) is 10.5. The van der Waals surface area contributed by atoms with Gasteiger partial charge in [0.2, 0.25) is 5.91 Å². The quantitative estimate of drug-likeness (QED) is 0.592. The Kier molecular flexibility index (Phi) is 6.07. The van der Waals surface area contributed by atoms with Gasteiger partial charge in [-0.1, -0.05) is 20.8 Å². The van der Waals surface area contributed by atoms with Gasteiger partial charge in [0, 0.05) is 6.42 Å². The first-order valence-corrected chi connectivity index (χ1v) is 12.4. The highest BCUT2D eigenvalue weighted by Gasteiger charge is 2.60. The van der Waals surface area contributed by atoms with E-state index in [4.69, 9.17) is 5.73 Å². The van der Waals surface area contributed by atoms with Gasteiger partial charge in [-0.3, -0.25) is 4.79 Å². The maximum Gasteiger partial charge on any atom is 0.220 e. The number of nitrogens with one attached hydrogen (secondary N) is 1. The van der Waals surface area contributed by atoms with Gasteiger partial charge in [0.15, 0.2) is 0 Å². The molecule has 4 N–H and O–H groups in total. The lowest BCUT2D eigenvalue weighted by Gasteiger charge is -2.61. The summed E-state index contributed by atoms with van der Waals surface area (Å²) in [5.41, 5.74) is 6.37. The van der Waals surface area contributed by atoms with Crippen LogP contribution in [-0.2, 0) is 4.79 Å². The number of rotatable bonds is 5. The van der Waals surface area contributed by atoms with Crippen molar-refractivity contribution in [1.29, 1.82) is 0 Å². The fraction of sp³-hybridized carbons (Fsp3) is 0.960. The van der Waals surface area contributed by atoms with Crippen LogP contribution in [0.5, 0.6) is 0 Å². The largest absolute Gasteiger partial charge is 0.393 e. The Morgan fingerprint density at radius 3 is 2.55 bits per heavy atom. The summed E-state index contributed by atoms with van der Waals surface area (Å²) in [6, 6.07) is 0. The molecular weight excluding hydrogens is 360 g/mol. The van der Waals surface area contributed by atoms with Crippen LogP contribution in [0, 0.1) is 46.3 Å². The van der Waals surface area contributed by atoms with E-state index in [1.165, 1.54) is 44.9 Å². The molecule has 4 rings (SSSR count). The molecule has 0 aromatic carbocycles. The summed E-state index contributed by atoms with van der Waals surface area (Å²) < 4.78 is 0. The Bertz CT molecular complexity index is 610. The first-order valence-electron chi connectivity index (χ1n) is 12.4. The van der Waals surface area contributed by atoms with E-state index >= 15 is 0 Å². The molecular formula is C25H44N2O2. The van der Waals surface area contributed by atoms with E-state index in [1.54, 1.807) is 0 Å². The number of hydrogen-bond donors (Lipinski definition) is 3. The summed E-state index contributed by atoms with van der Waals surface area (Å²) in [5, 5.41) is 13.0. The van der Waals surface area contributed by atoms with Crippen LogP contribution in [0.4, 0.5) is 0 Å². The number of nitrogens with two attached hydrogens (primary N) is 1. The van der Waals surface area contributed by atoms with Gasteiger partial charge in [-0.2, -0.15) is 0 Å². The van der Waals surface area contributed by atoms with Crippen LogP contribution in [-0.4, -0.2) is 23.8 Å².